The second-order valence-electron chi connectivity index (χ2n) is 9.60. The Morgan fingerprint density at radius 2 is 1.32 bits per heavy atom. The minimum atomic E-state index is -3.66. The summed E-state index contributed by atoms with van der Waals surface area (Å²) in [5.41, 5.74) is 4.82. The molecule has 0 N–H and O–H groups in total. The van der Waals surface area contributed by atoms with Gasteiger partial charge in [0.05, 0.1) is 15.8 Å². The molecule has 1 fully saturated rings. The largest absolute Gasteiger partial charge is 0.362 e. The van der Waals surface area contributed by atoms with Crippen molar-refractivity contribution >= 4 is 25.5 Å². The molecule has 1 aliphatic heterocycles. The monoisotopic (exact) mass is 546 g/mol. The first kappa shape index (κ1) is 26.2. The third-order valence-corrected chi connectivity index (χ3v) is 10.0. The number of para-hydroxylation sites is 1. The van der Waals surface area contributed by atoms with Crippen molar-refractivity contribution in [1.82, 2.24) is 4.31 Å². The molecular weight excluding hydrogens is 516 g/mol. The summed E-state index contributed by atoms with van der Waals surface area (Å²) in [5.74, 6) is 0. The van der Waals surface area contributed by atoms with Crippen LogP contribution in [0.25, 0.3) is 11.1 Å². The Bertz CT molecular complexity index is 1670. The van der Waals surface area contributed by atoms with E-state index in [0.29, 0.717) is 19.6 Å². The molecule has 1 unspecified atom stereocenters. The van der Waals surface area contributed by atoms with Crippen LogP contribution in [0.3, 0.4) is 0 Å². The van der Waals surface area contributed by atoms with Crippen LogP contribution in [-0.2, 0) is 19.9 Å². The van der Waals surface area contributed by atoms with E-state index in [0.717, 1.165) is 27.9 Å². The standard InChI is InChI=1S/C30H30N2O4S2/c1-23-10-6-7-17-29(23)32-19-18-31(38(35,36)27-14-4-3-5-15-27)22-30(32)26-13-8-11-24(20-26)25-12-9-16-28(21-25)37(2,33)34/h3-17,20-21,30H,18-19,22H2,1-2H3. The van der Waals surface area contributed by atoms with Crippen molar-refractivity contribution in [3.8, 4) is 11.1 Å². The van der Waals surface area contributed by atoms with Crippen molar-refractivity contribution in [3.05, 3.63) is 114 Å². The molecule has 196 valence electrons. The Labute approximate surface area is 225 Å². The van der Waals surface area contributed by atoms with Gasteiger partial charge in [-0.2, -0.15) is 4.31 Å². The van der Waals surface area contributed by atoms with Crippen LogP contribution in [0.2, 0.25) is 0 Å². The van der Waals surface area contributed by atoms with E-state index in [2.05, 4.69) is 24.0 Å². The van der Waals surface area contributed by atoms with Gasteiger partial charge in [0.2, 0.25) is 10.0 Å². The Balaban J connectivity index is 1.57. The summed E-state index contributed by atoms with van der Waals surface area (Å²) in [6.45, 7) is 3.26. The lowest BCUT2D eigenvalue weighted by Crippen LogP contribution is -2.50. The fraction of sp³-hybridized carbons (Fsp3) is 0.200. The molecule has 0 aliphatic carbocycles. The number of anilines is 1. The van der Waals surface area contributed by atoms with Crippen molar-refractivity contribution in [3.63, 3.8) is 0 Å². The molecule has 1 aliphatic rings. The molecule has 38 heavy (non-hydrogen) atoms. The van der Waals surface area contributed by atoms with Crippen LogP contribution in [0.5, 0.6) is 0 Å². The van der Waals surface area contributed by atoms with E-state index < -0.39 is 19.9 Å². The van der Waals surface area contributed by atoms with Gasteiger partial charge in [0.15, 0.2) is 9.84 Å². The molecule has 4 aromatic rings. The maximum absolute atomic E-state index is 13.5. The fourth-order valence-electron chi connectivity index (χ4n) is 5.01. The Hall–Kier alpha value is -3.46. The van der Waals surface area contributed by atoms with Gasteiger partial charge < -0.3 is 4.90 Å². The SMILES string of the molecule is Cc1ccccc1N1CCN(S(=O)(=O)c2ccccc2)CC1c1cccc(-c2cccc(S(C)(=O)=O)c2)c1. The Kier molecular flexibility index (Phi) is 7.13. The van der Waals surface area contributed by atoms with Crippen LogP contribution in [0, 0.1) is 6.92 Å². The van der Waals surface area contributed by atoms with Gasteiger partial charge in [-0.25, -0.2) is 16.8 Å². The predicted octanol–water partition coefficient (Wildman–Crippen LogP) is 5.32. The molecule has 0 saturated carbocycles. The lowest BCUT2D eigenvalue weighted by molar-refractivity contribution is 0.335. The molecule has 6 nitrogen and oxygen atoms in total. The molecule has 4 aromatic carbocycles. The summed E-state index contributed by atoms with van der Waals surface area (Å²) in [6, 6.07) is 31.3. The van der Waals surface area contributed by atoms with E-state index >= 15 is 0 Å². The number of nitrogens with zero attached hydrogens (tertiary/aromatic N) is 2. The zero-order valence-electron chi connectivity index (χ0n) is 21.4. The van der Waals surface area contributed by atoms with Crippen LogP contribution < -0.4 is 4.90 Å². The molecule has 1 saturated heterocycles. The second-order valence-corrected chi connectivity index (χ2v) is 13.6. The number of piperazine rings is 1. The molecule has 1 atom stereocenters. The average molecular weight is 547 g/mol. The van der Waals surface area contributed by atoms with Crippen LogP contribution in [0.1, 0.15) is 17.2 Å². The maximum Gasteiger partial charge on any atom is 0.243 e. The highest BCUT2D eigenvalue weighted by molar-refractivity contribution is 7.90. The zero-order valence-corrected chi connectivity index (χ0v) is 23.0. The maximum atomic E-state index is 13.5. The third-order valence-electron chi connectivity index (χ3n) is 7.02. The van der Waals surface area contributed by atoms with Crippen LogP contribution >= 0.6 is 0 Å². The lowest BCUT2D eigenvalue weighted by atomic mass is 9.96. The quantitative estimate of drug-likeness (QED) is 0.327. The first-order valence-electron chi connectivity index (χ1n) is 12.4. The molecule has 0 amide bonds. The molecule has 0 bridgehead atoms. The summed E-state index contributed by atoms with van der Waals surface area (Å²) in [4.78, 5) is 2.83. The minimum absolute atomic E-state index is 0.235. The van der Waals surface area contributed by atoms with Gasteiger partial charge in [-0.15, -0.1) is 0 Å². The second kappa shape index (κ2) is 10.4. The third kappa shape index (κ3) is 5.25. The molecule has 1 heterocycles. The summed E-state index contributed by atoms with van der Waals surface area (Å²) >= 11 is 0. The van der Waals surface area contributed by atoms with E-state index in [4.69, 9.17) is 0 Å². The van der Waals surface area contributed by atoms with Gasteiger partial charge in [-0.1, -0.05) is 66.7 Å². The minimum Gasteiger partial charge on any atom is -0.362 e. The van der Waals surface area contributed by atoms with Crippen molar-refractivity contribution < 1.29 is 16.8 Å². The van der Waals surface area contributed by atoms with Crippen molar-refractivity contribution in [2.75, 3.05) is 30.8 Å². The summed E-state index contributed by atoms with van der Waals surface area (Å²) in [7, 11) is -7.01. The topological polar surface area (TPSA) is 74.8 Å². The van der Waals surface area contributed by atoms with Crippen molar-refractivity contribution in [2.45, 2.75) is 22.8 Å². The van der Waals surface area contributed by atoms with Crippen LogP contribution in [0.4, 0.5) is 5.69 Å². The molecule has 0 aromatic heterocycles. The number of benzene rings is 4. The van der Waals surface area contributed by atoms with Gasteiger partial charge in [0.25, 0.3) is 0 Å². The number of aryl methyl sites for hydroxylation is 1. The highest BCUT2D eigenvalue weighted by atomic mass is 32.2. The summed E-state index contributed by atoms with van der Waals surface area (Å²) < 4.78 is 52.9. The van der Waals surface area contributed by atoms with Gasteiger partial charge in [0.1, 0.15) is 0 Å². The van der Waals surface area contributed by atoms with Crippen LogP contribution in [-0.4, -0.2) is 47.0 Å². The van der Waals surface area contributed by atoms with Gasteiger partial charge in [-0.3, -0.25) is 0 Å². The van der Waals surface area contributed by atoms with E-state index in [1.54, 1.807) is 46.8 Å². The number of sulfonamides is 1. The van der Waals surface area contributed by atoms with Crippen molar-refractivity contribution in [2.24, 2.45) is 0 Å². The summed E-state index contributed by atoms with van der Waals surface area (Å²) in [5, 5.41) is 0. The molecule has 8 heteroatoms. The molecule has 0 radical (unpaired) electrons. The van der Waals surface area contributed by atoms with E-state index in [1.165, 1.54) is 6.26 Å². The predicted molar refractivity (Wildman–Crippen MR) is 151 cm³/mol. The Morgan fingerprint density at radius 1 is 0.684 bits per heavy atom. The van der Waals surface area contributed by atoms with Gasteiger partial charge in [-0.05, 0) is 65.6 Å². The van der Waals surface area contributed by atoms with Gasteiger partial charge in [0, 0.05) is 31.6 Å². The number of rotatable bonds is 6. The molecule has 0 spiro atoms. The zero-order chi connectivity index (χ0) is 26.9. The van der Waals surface area contributed by atoms with E-state index in [1.807, 2.05) is 48.5 Å². The highest BCUT2D eigenvalue weighted by Gasteiger charge is 2.35. The lowest BCUT2D eigenvalue weighted by Gasteiger charge is -2.43. The molecular formula is C30H30N2O4S2. The summed E-state index contributed by atoms with van der Waals surface area (Å²) in [6.07, 6.45) is 1.20. The number of hydrogen-bond donors (Lipinski definition) is 0. The van der Waals surface area contributed by atoms with E-state index in [9.17, 15) is 16.8 Å². The first-order valence-corrected chi connectivity index (χ1v) is 15.8. The van der Waals surface area contributed by atoms with Crippen molar-refractivity contribution in [1.29, 1.82) is 0 Å². The molecule has 5 rings (SSSR count). The number of sulfone groups is 1. The normalized spacial score (nSPS) is 16.9. The van der Waals surface area contributed by atoms with Gasteiger partial charge >= 0.3 is 0 Å². The van der Waals surface area contributed by atoms with E-state index in [-0.39, 0.29) is 15.8 Å². The Morgan fingerprint density at radius 3 is 2.03 bits per heavy atom. The first-order chi connectivity index (χ1) is 18.1. The van der Waals surface area contributed by atoms with Crippen LogP contribution in [0.15, 0.2) is 113 Å². The smallest absolute Gasteiger partial charge is 0.243 e. The highest BCUT2D eigenvalue weighted by Crippen LogP contribution is 2.36. The number of hydrogen-bond acceptors (Lipinski definition) is 5. The average Bonchev–Trinajstić information content (AvgIpc) is 2.93. The fourth-order valence-corrected chi connectivity index (χ4v) is 7.13.